The van der Waals surface area contributed by atoms with Crippen LogP contribution in [0, 0.1) is 0 Å². The van der Waals surface area contributed by atoms with Gasteiger partial charge in [0.1, 0.15) is 12.1 Å². The molecule has 1 aromatic heterocycles. The van der Waals surface area contributed by atoms with E-state index in [9.17, 15) is 34.2 Å². The minimum Gasteiger partial charge on any atom is -0.481 e. The van der Waals surface area contributed by atoms with E-state index in [1.807, 2.05) is 24.3 Å². The van der Waals surface area contributed by atoms with Crippen LogP contribution in [0.2, 0.25) is 0 Å². The van der Waals surface area contributed by atoms with E-state index in [0.717, 1.165) is 10.9 Å². The number of unbranched alkanes of at least 4 members (excludes halogenated alkanes) is 1. The normalized spacial score (nSPS) is 13.1. The van der Waals surface area contributed by atoms with Crippen molar-refractivity contribution in [3.63, 3.8) is 0 Å². The van der Waals surface area contributed by atoms with Crippen LogP contribution in [0.3, 0.4) is 0 Å². The van der Waals surface area contributed by atoms with Gasteiger partial charge >= 0.3 is 11.9 Å². The summed E-state index contributed by atoms with van der Waals surface area (Å²) >= 11 is 0. The Bertz CT molecular complexity index is 1180. The fraction of sp³-hybridized carbons (Fsp3) is 0.417. The lowest BCUT2D eigenvalue weighted by Crippen LogP contribution is -2.54. The fourth-order valence-corrected chi connectivity index (χ4v) is 3.68. The number of aliphatic carboxylic acids is 2. The number of carbonyl (C=O) groups excluding carboxylic acids is 3. The van der Waals surface area contributed by atoms with Crippen LogP contribution < -0.4 is 33.2 Å². The number of aromatic amines is 1. The molecule has 1 aromatic carbocycles. The molecule has 1 heterocycles. The molecule has 0 bridgehead atoms. The quantitative estimate of drug-likeness (QED) is 0.0642. The smallest absolute Gasteiger partial charge is 0.326 e. The number of rotatable bonds is 16. The highest BCUT2D eigenvalue weighted by Crippen LogP contribution is 2.16. The lowest BCUT2D eigenvalue weighted by molar-refractivity contribution is -0.143. The summed E-state index contributed by atoms with van der Waals surface area (Å²) in [5.74, 6) is -5.25. The summed E-state index contributed by atoms with van der Waals surface area (Å²) in [5.41, 5.74) is 17.6. The third kappa shape index (κ3) is 10.7. The van der Waals surface area contributed by atoms with Crippen molar-refractivity contribution < 1.29 is 34.2 Å². The first-order valence-corrected chi connectivity index (χ1v) is 12.2. The maximum absolute atomic E-state index is 12.8. The number of fused-ring (bicyclic) bond motifs is 1. The number of benzene rings is 1. The molecule has 0 fully saturated rings. The molecule has 15 nitrogen and oxygen atoms in total. The molecule has 3 amide bonds. The Morgan fingerprint density at radius 3 is 2.33 bits per heavy atom. The number of carbonyl (C=O) groups is 5. The SMILES string of the molecule is NC(N)=NCCCC[C@H](N)C(=O)NCC(=O)N[C@@H](CC(=O)O)C(=O)N[C@@H](Cc1cc2ccccc2[nH]1)C(=O)O. The summed E-state index contributed by atoms with van der Waals surface area (Å²) in [6.45, 7) is -0.183. The predicted molar refractivity (Wildman–Crippen MR) is 141 cm³/mol. The van der Waals surface area contributed by atoms with Gasteiger partial charge in [0.2, 0.25) is 17.7 Å². The second-order valence-electron chi connectivity index (χ2n) is 8.83. The first kappa shape index (κ1) is 30.6. The van der Waals surface area contributed by atoms with Gasteiger partial charge in [-0.15, -0.1) is 0 Å². The number of aliphatic imine (C=N–C) groups is 1. The van der Waals surface area contributed by atoms with Gasteiger partial charge in [0.05, 0.1) is 19.0 Å². The number of H-pyrrole nitrogens is 1. The third-order valence-corrected chi connectivity index (χ3v) is 5.63. The van der Waals surface area contributed by atoms with E-state index in [-0.39, 0.29) is 12.4 Å². The molecule has 0 saturated heterocycles. The lowest BCUT2D eigenvalue weighted by Gasteiger charge is -2.20. The van der Waals surface area contributed by atoms with Crippen molar-refractivity contribution in [3.8, 4) is 0 Å². The van der Waals surface area contributed by atoms with E-state index >= 15 is 0 Å². The average molecular weight is 547 g/mol. The average Bonchev–Trinajstić information content (AvgIpc) is 3.28. The van der Waals surface area contributed by atoms with Gasteiger partial charge in [-0.25, -0.2) is 4.79 Å². The molecule has 39 heavy (non-hydrogen) atoms. The Labute approximate surface area is 223 Å². The summed E-state index contributed by atoms with van der Waals surface area (Å²) in [5, 5.41) is 26.5. The minimum absolute atomic E-state index is 0.0365. The van der Waals surface area contributed by atoms with Gasteiger partial charge in [0, 0.05) is 24.2 Å². The number of hydrogen-bond donors (Lipinski definition) is 9. The minimum atomic E-state index is -1.58. The summed E-state index contributed by atoms with van der Waals surface area (Å²) in [6, 6.07) is 5.13. The van der Waals surface area contributed by atoms with Crippen LogP contribution in [-0.2, 0) is 30.4 Å². The second kappa shape index (κ2) is 14.9. The maximum atomic E-state index is 12.8. The van der Waals surface area contributed by atoms with E-state index in [1.165, 1.54) is 0 Å². The van der Waals surface area contributed by atoms with Crippen molar-refractivity contribution in [2.24, 2.45) is 22.2 Å². The van der Waals surface area contributed by atoms with Gasteiger partial charge in [-0.2, -0.15) is 0 Å². The fourth-order valence-electron chi connectivity index (χ4n) is 3.68. The largest absolute Gasteiger partial charge is 0.481 e. The van der Waals surface area contributed by atoms with Gasteiger partial charge in [-0.3, -0.25) is 24.2 Å². The number of nitrogens with one attached hydrogen (secondary N) is 4. The van der Waals surface area contributed by atoms with Gasteiger partial charge in [0.15, 0.2) is 5.96 Å². The van der Waals surface area contributed by atoms with Gasteiger partial charge in [0.25, 0.3) is 0 Å². The second-order valence-corrected chi connectivity index (χ2v) is 8.83. The van der Waals surface area contributed by atoms with Gasteiger partial charge < -0.3 is 48.3 Å². The van der Waals surface area contributed by atoms with Crippen molar-refractivity contribution in [2.75, 3.05) is 13.1 Å². The molecule has 0 spiro atoms. The van der Waals surface area contributed by atoms with Crippen molar-refractivity contribution in [1.29, 1.82) is 0 Å². The number of aromatic nitrogens is 1. The number of nitrogens with zero attached hydrogens (tertiary/aromatic N) is 1. The number of para-hydroxylation sites is 1. The molecule has 2 aromatic rings. The Morgan fingerprint density at radius 1 is 0.974 bits per heavy atom. The number of guanidine groups is 1. The molecule has 0 unspecified atom stereocenters. The molecule has 12 N–H and O–H groups in total. The zero-order valence-corrected chi connectivity index (χ0v) is 21.2. The number of nitrogens with two attached hydrogens (primary N) is 3. The molecule has 0 aliphatic rings. The highest BCUT2D eigenvalue weighted by atomic mass is 16.4. The first-order chi connectivity index (χ1) is 18.5. The Balaban J connectivity index is 1.90. The Hall–Kier alpha value is -4.66. The number of hydrogen-bond acceptors (Lipinski definition) is 7. The van der Waals surface area contributed by atoms with Crippen molar-refractivity contribution in [2.45, 2.75) is 50.2 Å². The molecular weight excluding hydrogens is 512 g/mol. The molecule has 2 rings (SSSR count). The molecule has 0 radical (unpaired) electrons. The van der Waals surface area contributed by atoms with Crippen LogP contribution >= 0.6 is 0 Å². The van der Waals surface area contributed by atoms with Crippen LogP contribution in [0.1, 0.15) is 31.4 Å². The van der Waals surface area contributed by atoms with Gasteiger partial charge in [-0.05, 0) is 36.8 Å². The zero-order valence-electron chi connectivity index (χ0n) is 21.2. The van der Waals surface area contributed by atoms with Crippen LogP contribution in [0.4, 0.5) is 0 Å². The molecule has 212 valence electrons. The molecular formula is C24H34N8O7. The van der Waals surface area contributed by atoms with E-state index in [1.54, 1.807) is 6.07 Å². The molecule has 0 aliphatic carbocycles. The first-order valence-electron chi connectivity index (χ1n) is 12.2. The van der Waals surface area contributed by atoms with E-state index < -0.39 is 60.8 Å². The number of carboxylic acids is 2. The van der Waals surface area contributed by atoms with Crippen LogP contribution in [0.15, 0.2) is 35.3 Å². The van der Waals surface area contributed by atoms with Crippen molar-refractivity contribution in [3.05, 3.63) is 36.0 Å². The number of carboxylic acid groups (broad SMARTS) is 2. The highest BCUT2D eigenvalue weighted by molar-refractivity contribution is 5.94. The topological polar surface area (TPSA) is 268 Å². The van der Waals surface area contributed by atoms with Crippen LogP contribution in [0.5, 0.6) is 0 Å². The third-order valence-electron chi connectivity index (χ3n) is 5.63. The summed E-state index contributed by atoms with van der Waals surface area (Å²) in [7, 11) is 0. The maximum Gasteiger partial charge on any atom is 0.326 e. The molecule has 15 heteroatoms. The molecule has 0 aliphatic heterocycles. The summed E-state index contributed by atoms with van der Waals surface area (Å²) in [4.78, 5) is 67.2. The highest BCUT2D eigenvalue weighted by Gasteiger charge is 2.29. The zero-order chi connectivity index (χ0) is 28.9. The summed E-state index contributed by atoms with van der Waals surface area (Å²) < 4.78 is 0. The van der Waals surface area contributed by atoms with E-state index in [2.05, 4.69) is 25.9 Å². The van der Waals surface area contributed by atoms with E-state index in [0.29, 0.717) is 31.5 Å². The standard InChI is InChI=1S/C24H34N8O7/c25-15(6-3-4-8-28-24(26)27)21(36)29-12-19(33)31-17(11-20(34)35)22(37)32-18(23(38)39)10-14-9-13-5-1-2-7-16(13)30-14/h1-2,5,7,9,15,17-18,30H,3-4,6,8,10-12,25H2,(H,29,36)(H,31,33)(H,32,37)(H,34,35)(H,38,39)(H4,26,27,28)/t15-,17-,18-/m0/s1. The van der Waals surface area contributed by atoms with Crippen molar-refractivity contribution >= 4 is 46.5 Å². The Morgan fingerprint density at radius 2 is 1.69 bits per heavy atom. The predicted octanol–water partition coefficient (Wildman–Crippen LogP) is -1.87. The van der Waals surface area contributed by atoms with Gasteiger partial charge in [-0.1, -0.05) is 18.2 Å². The lowest BCUT2D eigenvalue weighted by atomic mass is 10.1. The molecule has 3 atom stereocenters. The van der Waals surface area contributed by atoms with Crippen LogP contribution in [0.25, 0.3) is 10.9 Å². The number of amides is 3. The van der Waals surface area contributed by atoms with E-state index in [4.69, 9.17) is 17.2 Å². The Kier molecular flexibility index (Phi) is 11.7. The molecule has 0 saturated carbocycles. The van der Waals surface area contributed by atoms with Crippen LogP contribution in [-0.4, -0.2) is 82.0 Å². The van der Waals surface area contributed by atoms with Crippen molar-refractivity contribution in [1.82, 2.24) is 20.9 Å². The monoisotopic (exact) mass is 546 g/mol. The summed E-state index contributed by atoms with van der Waals surface area (Å²) in [6.07, 6.45) is 0.554.